The van der Waals surface area contributed by atoms with Crippen LogP contribution in [-0.2, 0) is 32.1 Å². The number of hydrogen-bond acceptors (Lipinski definition) is 6. The number of ether oxygens (including phenoxy) is 4. The number of esters is 2. The first-order chi connectivity index (χ1) is 14.9. The van der Waals surface area contributed by atoms with Crippen molar-refractivity contribution in [1.29, 1.82) is 0 Å². The average molecular weight is 489 g/mol. The first-order valence-electron chi connectivity index (χ1n) is 9.59. The van der Waals surface area contributed by atoms with E-state index >= 15 is 0 Å². The molecule has 6 nitrogen and oxygen atoms in total. The summed E-state index contributed by atoms with van der Waals surface area (Å²) in [5.74, 6) is -0.491. The number of methoxy groups -OCH3 is 2. The van der Waals surface area contributed by atoms with Crippen LogP contribution in [0, 0.1) is 0 Å². The van der Waals surface area contributed by atoms with Crippen molar-refractivity contribution in [3.05, 3.63) is 75.8 Å². The minimum absolute atomic E-state index is 0.222. The van der Waals surface area contributed by atoms with Crippen LogP contribution in [0.2, 0.25) is 0 Å². The molecule has 0 aliphatic heterocycles. The standard InChI is InChI=1S/C24H25BrO6/c1-5-7-18-12-17(13-20(23(26)28-3)24(27)29-4)14-21(30-6-2)22(18)31-15-16-8-10-19(25)11-9-16/h5,8-14H,1,6-7,15H2,2-4H3. The molecule has 7 heteroatoms. The average Bonchev–Trinajstić information content (AvgIpc) is 2.77. The number of allylic oxidation sites excluding steroid dienone is 1. The fourth-order valence-corrected chi connectivity index (χ4v) is 3.09. The third kappa shape index (κ3) is 6.72. The molecule has 0 N–H and O–H groups in total. The predicted molar refractivity (Wildman–Crippen MR) is 122 cm³/mol. The van der Waals surface area contributed by atoms with Crippen molar-refractivity contribution < 1.29 is 28.5 Å². The molecule has 0 heterocycles. The molecule has 0 radical (unpaired) electrons. The van der Waals surface area contributed by atoms with Gasteiger partial charge in [-0.3, -0.25) is 0 Å². The van der Waals surface area contributed by atoms with E-state index in [2.05, 4.69) is 22.5 Å². The fraction of sp³-hybridized carbons (Fsp3) is 0.250. The highest BCUT2D eigenvalue weighted by Crippen LogP contribution is 2.35. The Balaban J connectivity index is 2.49. The molecule has 0 aromatic heterocycles. The van der Waals surface area contributed by atoms with Gasteiger partial charge in [0.2, 0.25) is 0 Å². The molecule has 2 rings (SSSR count). The van der Waals surface area contributed by atoms with Gasteiger partial charge in [0, 0.05) is 10.0 Å². The zero-order valence-corrected chi connectivity index (χ0v) is 19.4. The molecule has 0 aliphatic carbocycles. The third-order valence-corrected chi connectivity index (χ3v) is 4.76. The summed E-state index contributed by atoms with van der Waals surface area (Å²) in [6.45, 7) is 6.44. The SMILES string of the molecule is C=CCc1cc(C=C(C(=O)OC)C(=O)OC)cc(OCC)c1OCc1ccc(Br)cc1. The van der Waals surface area contributed by atoms with Gasteiger partial charge in [-0.1, -0.05) is 34.1 Å². The van der Waals surface area contributed by atoms with Crippen LogP contribution in [0.3, 0.4) is 0 Å². The van der Waals surface area contributed by atoms with Gasteiger partial charge in [-0.25, -0.2) is 9.59 Å². The van der Waals surface area contributed by atoms with Gasteiger partial charge in [0.1, 0.15) is 12.2 Å². The lowest BCUT2D eigenvalue weighted by Gasteiger charge is -2.17. The zero-order chi connectivity index (χ0) is 22.8. The van der Waals surface area contributed by atoms with E-state index in [9.17, 15) is 9.59 Å². The molecule has 0 spiro atoms. The molecule has 0 unspecified atom stereocenters. The molecule has 2 aromatic rings. The fourth-order valence-electron chi connectivity index (χ4n) is 2.82. The van der Waals surface area contributed by atoms with Gasteiger partial charge in [0.05, 0.1) is 20.8 Å². The van der Waals surface area contributed by atoms with E-state index in [1.807, 2.05) is 37.3 Å². The Morgan fingerprint density at radius 2 is 1.68 bits per heavy atom. The first-order valence-corrected chi connectivity index (χ1v) is 10.4. The van der Waals surface area contributed by atoms with E-state index in [4.69, 9.17) is 18.9 Å². The van der Waals surface area contributed by atoms with Crippen molar-refractivity contribution in [1.82, 2.24) is 0 Å². The highest BCUT2D eigenvalue weighted by atomic mass is 79.9. The van der Waals surface area contributed by atoms with E-state index in [1.54, 1.807) is 12.1 Å². The van der Waals surface area contributed by atoms with E-state index in [0.29, 0.717) is 36.7 Å². The van der Waals surface area contributed by atoms with Crippen LogP contribution in [-0.4, -0.2) is 32.8 Å². The Morgan fingerprint density at radius 3 is 2.23 bits per heavy atom. The zero-order valence-electron chi connectivity index (χ0n) is 17.8. The molecule has 164 valence electrons. The van der Waals surface area contributed by atoms with E-state index in [0.717, 1.165) is 15.6 Å². The van der Waals surface area contributed by atoms with E-state index in [-0.39, 0.29) is 5.57 Å². The van der Waals surface area contributed by atoms with Crippen molar-refractivity contribution in [3.8, 4) is 11.5 Å². The van der Waals surface area contributed by atoms with Crippen LogP contribution >= 0.6 is 15.9 Å². The summed E-state index contributed by atoms with van der Waals surface area (Å²) >= 11 is 3.42. The maximum Gasteiger partial charge on any atom is 0.345 e. The lowest BCUT2D eigenvalue weighted by Crippen LogP contribution is -2.15. The number of hydrogen-bond donors (Lipinski definition) is 0. The van der Waals surface area contributed by atoms with Crippen molar-refractivity contribution in [2.24, 2.45) is 0 Å². The largest absolute Gasteiger partial charge is 0.490 e. The Hall–Kier alpha value is -3.06. The summed E-state index contributed by atoms with van der Waals surface area (Å²) in [4.78, 5) is 24.0. The Bertz CT molecular complexity index is 945. The maximum absolute atomic E-state index is 12.0. The van der Waals surface area contributed by atoms with Crippen molar-refractivity contribution >= 4 is 33.9 Å². The molecule has 0 amide bonds. The third-order valence-electron chi connectivity index (χ3n) is 4.24. The Labute approximate surface area is 190 Å². The lowest BCUT2D eigenvalue weighted by molar-refractivity contribution is -0.143. The van der Waals surface area contributed by atoms with Crippen LogP contribution in [0.4, 0.5) is 0 Å². The first kappa shape index (κ1) is 24.2. The number of halogens is 1. The Kier molecular flexibility index (Phi) is 9.34. The molecule has 0 fully saturated rings. The highest BCUT2D eigenvalue weighted by molar-refractivity contribution is 9.10. The summed E-state index contributed by atoms with van der Waals surface area (Å²) in [5.41, 5.74) is 2.15. The molecule has 0 atom stereocenters. The van der Waals surface area contributed by atoms with Crippen molar-refractivity contribution in [2.45, 2.75) is 20.0 Å². The molecular weight excluding hydrogens is 464 g/mol. The topological polar surface area (TPSA) is 71.1 Å². The second-order valence-electron chi connectivity index (χ2n) is 6.39. The number of carbonyl (C=O) groups excluding carboxylic acids is 2. The maximum atomic E-state index is 12.0. The highest BCUT2D eigenvalue weighted by Gasteiger charge is 2.21. The van der Waals surface area contributed by atoms with Crippen molar-refractivity contribution in [3.63, 3.8) is 0 Å². The summed E-state index contributed by atoms with van der Waals surface area (Å²) in [6.07, 6.45) is 3.65. The predicted octanol–water partition coefficient (Wildman–Crippen LogP) is 4.88. The van der Waals surface area contributed by atoms with Crippen LogP contribution in [0.25, 0.3) is 6.08 Å². The minimum atomic E-state index is -0.786. The molecule has 2 aromatic carbocycles. The Morgan fingerprint density at radius 1 is 1.03 bits per heavy atom. The summed E-state index contributed by atoms with van der Waals surface area (Å²) in [6, 6.07) is 11.3. The lowest BCUT2D eigenvalue weighted by atomic mass is 10.0. The van der Waals surface area contributed by atoms with Crippen LogP contribution in [0.15, 0.2) is 59.1 Å². The van der Waals surface area contributed by atoms with Crippen molar-refractivity contribution in [2.75, 3.05) is 20.8 Å². The summed E-state index contributed by atoms with van der Waals surface area (Å²) < 4.78 is 22.3. The molecular formula is C24H25BrO6. The summed E-state index contributed by atoms with van der Waals surface area (Å²) in [7, 11) is 2.40. The normalized spacial score (nSPS) is 10.1. The van der Waals surface area contributed by atoms with Crippen LogP contribution in [0.5, 0.6) is 11.5 Å². The van der Waals surface area contributed by atoms with Gasteiger partial charge in [-0.15, -0.1) is 6.58 Å². The van der Waals surface area contributed by atoms with Gasteiger partial charge >= 0.3 is 11.9 Å². The number of carbonyl (C=O) groups is 2. The van der Waals surface area contributed by atoms with E-state index in [1.165, 1.54) is 20.3 Å². The van der Waals surface area contributed by atoms with Crippen LogP contribution in [0.1, 0.15) is 23.6 Å². The monoisotopic (exact) mass is 488 g/mol. The molecule has 0 bridgehead atoms. The molecule has 31 heavy (non-hydrogen) atoms. The second-order valence-corrected chi connectivity index (χ2v) is 7.31. The second kappa shape index (κ2) is 12.0. The van der Waals surface area contributed by atoms with E-state index < -0.39 is 11.9 Å². The van der Waals surface area contributed by atoms with Crippen LogP contribution < -0.4 is 9.47 Å². The molecule has 0 aliphatic rings. The number of benzene rings is 2. The smallest absolute Gasteiger partial charge is 0.345 e. The van der Waals surface area contributed by atoms with Gasteiger partial charge in [0.15, 0.2) is 11.5 Å². The van der Waals surface area contributed by atoms with Gasteiger partial charge in [0.25, 0.3) is 0 Å². The molecule has 0 saturated heterocycles. The number of rotatable bonds is 10. The van der Waals surface area contributed by atoms with Gasteiger partial charge in [-0.05, 0) is 54.8 Å². The molecule has 0 saturated carbocycles. The quantitative estimate of drug-likeness (QED) is 0.156. The summed E-state index contributed by atoms with van der Waals surface area (Å²) in [5, 5.41) is 0. The minimum Gasteiger partial charge on any atom is -0.490 e. The van der Waals surface area contributed by atoms with Gasteiger partial charge in [-0.2, -0.15) is 0 Å². The van der Waals surface area contributed by atoms with Gasteiger partial charge < -0.3 is 18.9 Å².